The zero-order chi connectivity index (χ0) is 13.1. The molecule has 9 heteroatoms. The molecule has 94 valence electrons. The van der Waals surface area contributed by atoms with Gasteiger partial charge in [0, 0.05) is 0 Å². The molecular formula is C7H5F7O2. The van der Waals surface area contributed by atoms with Crippen LogP contribution in [0, 0.1) is 0 Å². The molecule has 0 saturated heterocycles. The molecule has 0 spiro atoms. The number of esters is 1. The average molecular weight is 254 g/mol. The maximum Gasteiger partial charge on any atom is 0.422 e. The molecule has 0 amide bonds. The Morgan fingerprint density at radius 2 is 1.62 bits per heavy atom. The highest BCUT2D eigenvalue weighted by Gasteiger charge is 2.40. The van der Waals surface area contributed by atoms with Crippen LogP contribution in [0.4, 0.5) is 30.7 Å². The Morgan fingerprint density at radius 3 is 1.94 bits per heavy atom. The fourth-order valence-corrected chi connectivity index (χ4v) is 0.527. The summed E-state index contributed by atoms with van der Waals surface area (Å²) in [6, 6.07) is 0. The smallest absolute Gasteiger partial charge is 0.422 e. The topological polar surface area (TPSA) is 26.3 Å². The minimum atomic E-state index is -5.17. The van der Waals surface area contributed by atoms with Gasteiger partial charge in [-0.05, 0) is 0 Å². The van der Waals surface area contributed by atoms with Gasteiger partial charge in [-0.2, -0.15) is 26.3 Å². The Kier molecular flexibility index (Phi) is 4.33. The first-order chi connectivity index (χ1) is 6.93. The summed E-state index contributed by atoms with van der Waals surface area (Å²) >= 11 is 0. The lowest BCUT2D eigenvalue weighted by atomic mass is 10.3. The van der Waals surface area contributed by atoms with Crippen molar-refractivity contribution in [3.05, 3.63) is 12.2 Å². The average Bonchev–Trinajstić information content (AvgIpc) is 1.96. The summed E-state index contributed by atoms with van der Waals surface area (Å²) in [5.41, 5.74) is -2.07. The quantitative estimate of drug-likeness (QED) is 0.439. The van der Waals surface area contributed by atoms with E-state index in [1.807, 2.05) is 0 Å². The molecule has 0 aromatic heterocycles. The number of hydrogen-bond donors (Lipinski definition) is 0. The summed E-state index contributed by atoms with van der Waals surface area (Å²) in [5.74, 6) is -2.27. The van der Waals surface area contributed by atoms with Gasteiger partial charge in [0.1, 0.15) is 12.0 Å². The van der Waals surface area contributed by atoms with Gasteiger partial charge in [-0.3, -0.25) is 0 Å². The van der Waals surface area contributed by atoms with Crippen LogP contribution in [0.2, 0.25) is 0 Å². The summed E-state index contributed by atoms with van der Waals surface area (Å²) in [6.45, 7) is 2.23. The van der Waals surface area contributed by atoms with Gasteiger partial charge >= 0.3 is 18.3 Å². The van der Waals surface area contributed by atoms with E-state index in [1.54, 1.807) is 0 Å². The van der Waals surface area contributed by atoms with Gasteiger partial charge in [0.25, 0.3) is 6.36 Å². The molecule has 0 radical (unpaired) electrons. The fourth-order valence-electron chi connectivity index (χ4n) is 0.527. The zero-order valence-corrected chi connectivity index (χ0v) is 7.45. The predicted octanol–water partition coefficient (Wildman–Crippen LogP) is 2.90. The molecule has 0 rings (SSSR count). The number of halogens is 7. The molecule has 0 aliphatic rings. The van der Waals surface area contributed by atoms with Crippen molar-refractivity contribution in [2.24, 2.45) is 0 Å². The molecule has 0 aromatic carbocycles. The number of carbonyl (C=O) groups is 1. The van der Waals surface area contributed by atoms with Crippen molar-refractivity contribution in [3.63, 3.8) is 0 Å². The van der Waals surface area contributed by atoms with Crippen molar-refractivity contribution in [1.82, 2.24) is 0 Å². The van der Waals surface area contributed by atoms with Gasteiger partial charge in [-0.15, -0.1) is 0 Å². The molecular weight excluding hydrogens is 249 g/mol. The van der Waals surface area contributed by atoms with Crippen molar-refractivity contribution in [3.8, 4) is 0 Å². The maximum absolute atomic E-state index is 12.3. The molecule has 16 heavy (non-hydrogen) atoms. The lowest BCUT2D eigenvalue weighted by Gasteiger charge is -2.14. The molecule has 0 aliphatic carbocycles. The van der Waals surface area contributed by atoms with Crippen LogP contribution in [0.1, 0.15) is 6.42 Å². The highest BCUT2D eigenvalue weighted by molar-refractivity contribution is 5.89. The molecule has 0 fully saturated rings. The van der Waals surface area contributed by atoms with E-state index in [9.17, 15) is 35.5 Å². The van der Waals surface area contributed by atoms with Gasteiger partial charge in [-0.1, -0.05) is 6.58 Å². The second-order valence-electron chi connectivity index (χ2n) is 2.61. The first-order valence-electron chi connectivity index (χ1n) is 3.61. The van der Waals surface area contributed by atoms with E-state index < -0.39 is 36.7 Å². The van der Waals surface area contributed by atoms with Crippen LogP contribution in [0.3, 0.4) is 0 Å². The van der Waals surface area contributed by atoms with Crippen molar-refractivity contribution in [2.75, 3.05) is 0 Å². The normalized spacial score (nSPS) is 14.4. The van der Waals surface area contributed by atoms with Crippen LogP contribution in [0.15, 0.2) is 12.2 Å². The number of ether oxygens (including phenoxy) is 1. The van der Waals surface area contributed by atoms with Crippen molar-refractivity contribution in [2.45, 2.75) is 25.1 Å². The summed E-state index contributed by atoms with van der Waals surface area (Å²) in [4.78, 5) is 10.4. The molecule has 0 aliphatic heterocycles. The minimum Gasteiger partial charge on any atom is -0.427 e. The fraction of sp³-hybridized carbons (Fsp3) is 0.571. The minimum absolute atomic E-state index is 2.07. The van der Waals surface area contributed by atoms with Gasteiger partial charge in [-0.25, -0.2) is 9.18 Å². The Hall–Kier alpha value is -1.28. The van der Waals surface area contributed by atoms with E-state index in [-0.39, 0.29) is 0 Å². The third kappa shape index (κ3) is 5.56. The summed E-state index contributed by atoms with van der Waals surface area (Å²) in [6.07, 6.45) is -15.5. The number of alkyl halides is 7. The van der Waals surface area contributed by atoms with Crippen LogP contribution >= 0.6 is 0 Å². The molecule has 0 aromatic rings. The van der Waals surface area contributed by atoms with E-state index >= 15 is 0 Å². The lowest BCUT2D eigenvalue weighted by Crippen LogP contribution is -2.26. The third-order valence-electron chi connectivity index (χ3n) is 1.22. The van der Waals surface area contributed by atoms with E-state index in [1.165, 1.54) is 0 Å². The van der Waals surface area contributed by atoms with Crippen molar-refractivity contribution < 1.29 is 40.3 Å². The molecule has 2 nitrogen and oxygen atoms in total. The van der Waals surface area contributed by atoms with Crippen LogP contribution in [-0.4, -0.2) is 24.7 Å². The molecule has 0 saturated carbocycles. The number of hydrogen-bond acceptors (Lipinski definition) is 2. The second-order valence-corrected chi connectivity index (χ2v) is 2.61. The Bertz CT molecular complexity index is 277. The molecule has 0 bridgehead atoms. The SMILES string of the molecule is C=C(C(=O)OC(F)CC(F)(F)F)C(F)(F)F. The maximum atomic E-state index is 12.3. The van der Waals surface area contributed by atoms with Crippen molar-refractivity contribution >= 4 is 5.97 Å². The van der Waals surface area contributed by atoms with Gasteiger partial charge in [0.05, 0.1) is 0 Å². The number of carbonyl (C=O) groups excluding carboxylic acids is 1. The molecule has 1 atom stereocenters. The third-order valence-corrected chi connectivity index (χ3v) is 1.22. The summed E-state index contributed by atoms with van der Waals surface area (Å²) in [5, 5.41) is 0. The molecule has 1 unspecified atom stereocenters. The number of rotatable bonds is 3. The Morgan fingerprint density at radius 1 is 1.19 bits per heavy atom. The molecule has 0 heterocycles. The summed E-state index contributed by atoms with van der Waals surface area (Å²) in [7, 11) is 0. The predicted molar refractivity (Wildman–Crippen MR) is 36.9 cm³/mol. The molecule has 0 N–H and O–H groups in total. The monoisotopic (exact) mass is 254 g/mol. The standard InChI is InChI=1S/C7H5F7O2/c1-3(7(12,13)14)5(15)16-4(8)2-6(9,10)11/h4H,1-2H2. The van der Waals surface area contributed by atoms with Gasteiger partial charge < -0.3 is 4.74 Å². The van der Waals surface area contributed by atoms with E-state index in [0.29, 0.717) is 0 Å². The van der Waals surface area contributed by atoms with E-state index in [4.69, 9.17) is 0 Å². The Balaban J connectivity index is 4.32. The van der Waals surface area contributed by atoms with Gasteiger partial charge in [0.15, 0.2) is 0 Å². The highest BCUT2D eigenvalue weighted by atomic mass is 19.4. The first-order valence-corrected chi connectivity index (χ1v) is 3.61. The van der Waals surface area contributed by atoms with E-state index in [2.05, 4.69) is 11.3 Å². The van der Waals surface area contributed by atoms with Gasteiger partial charge in [0.2, 0.25) is 0 Å². The first kappa shape index (κ1) is 14.7. The second kappa shape index (κ2) is 4.71. The largest absolute Gasteiger partial charge is 0.427 e. The van der Waals surface area contributed by atoms with E-state index in [0.717, 1.165) is 0 Å². The lowest BCUT2D eigenvalue weighted by molar-refractivity contribution is -0.191. The zero-order valence-electron chi connectivity index (χ0n) is 7.45. The van der Waals surface area contributed by atoms with Crippen LogP contribution in [0.25, 0.3) is 0 Å². The van der Waals surface area contributed by atoms with Crippen LogP contribution in [-0.2, 0) is 9.53 Å². The summed E-state index contributed by atoms with van der Waals surface area (Å²) < 4.78 is 85.4. The van der Waals surface area contributed by atoms with Crippen molar-refractivity contribution in [1.29, 1.82) is 0 Å². The van der Waals surface area contributed by atoms with Crippen LogP contribution in [0.5, 0.6) is 0 Å². The van der Waals surface area contributed by atoms with Crippen LogP contribution < -0.4 is 0 Å². The Labute approximate surface area is 84.7 Å². The highest BCUT2D eigenvalue weighted by Crippen LogP contribution is 2.27.